The molecule has 1 radical (unpaired) electrons. The fourth-order valence-corrected chi connectivity index (χ4v) is 1.59. The van der Waals surface area contributed by atoms with E-state index in [1.165, 1.54) is 12.2 Å². The Labute approximate surface area is 92.2 Å². The van der Waals surface area contributed by atoms with Crippen LogP contribution in [0.15, 0.2) is 36.4 Å². The number of benzene rings is 1. The third-order valence-electron chi connectivity index (χ3n) is 2.30. The second-order valence-corrected chi connectivity index (χ2v) is 3.30. The van der Waals surface area contributed by atoms with Crippen molar-refractivity contribution < 1.29 is 14.4 Å². The first-order valence-corrected chi connectivity index (χ1v) is 4.73. The Bertz CT molecular complexity index is 473. The lowest BCUT2D eigenvalue weighted by molar-refractivity contribution is -0.119. The van der Waals surface area contributed by atoms with Gasteiger partial charge in [-0.3, -0.25) is 14.4 Å². The van der Waals surface area contributed by atoms with Gasteiger partial charge >= 0.3 is 0 Å². The van der Waals surface area contributed by atoms with Crippen molar-refractivity contribution in [1.29, 1.82) is 0 Å². The molecule has 0 spiro atoms. The molecule has 0 bridgehead atoms. The van der Waals surface area contributed by atoms with E-state index in [0.29, 0.717) is 11.3 Å². The molecule has 1 aliphatic heterocycles. The van der Waals surface area contributed by atoms with E-state index in [1.807, 2.05) is 0 Å². The van der Waals surface area contributed by atoms with Crippen LogP contribution in [0.3, 0.4) is 0 Å². The Morgan fingerprint density at radius 2 is 1.69 bits per heavy atom. The molecule has 0 fully saturated rings. The monoisotopic (exact) mass is 214 g/mol. The van der Waals surface area contributed by atoms with Gasteiger partial charge in [0.2, 0.25) is 6.29 Å². The predicted molar refractivity (Wildman–Crippen MR) is 57.5 cm³/mol. The molecule has 0 saturated carbocycles. The average molecular weight is 214 g/mol. The van der Waals surface area contributed by atoms with Crippen molar-refractivity contribution in [3.8, 4) is 0 Å². The largest absolute Gasteiger partial charge is 0.291 e. The van der Waals surface area contributed by atoms with Crippen LogP contribution in [0.1, 0.15) is 5.56 Å². The van der Waals surface area contributed by atoms with E-state index in [9.17, 15) is 14.4 Å². The van der Waals surface area contributed by atoms with E-state index >= 15 is 0 Å². The number of nitrogens with zero attached hydrogens (tertiary/aromatic N) is 1. The summed E-state index contributed by atoms with van der Waals surface area (Å²) in [5.41, 5.74) is 1.06. The maximum absolute atomic E-state index is 11.5. The van der Waals surface area contributed by atoms with Gasteiger partial charge < -0.3 is 0 Å². The topological polar surface area (TPSA) is 54.5 Å². The summed E-state index contributed by atoms with van der Waals surface area (Å²) in [6.07, 6.45) is 4.24. The molecule has 0 unspecified atom stereocenters. The number of carbonyl (C=O) groups excluding carboxylic acids is 3. The lowest BCUT2D eigenvalue weighted by Gasteiger charge is -2.16. The number of rotatable bonds is 3. The quantitative estimate of drug-likeness (QED) is 0.698. The standard InChI is InChI=1S/C12H8NO3/c14-8-7-9-3-1-2-4-10(9)13-11(15)5-6-12(13)16/h1-6H,7H2. The Morgan fingerprint density at radius 1 is 1.06 bits per heavy atom. The first kappa shape index (κ1) is 10.3. The molecule has 2 rings (SSSR count). The molecular weight excluding hydrogens is 206 g/mol. The Kier molecular flexibility index (Phi) is 2.64. The van der Waals surface area contributed by atoms with Gasteiger partial charge in [-0.1, -0.05) is 18.2 Å². The van der Waals surface area contributed by atoms with Crippen molar-refractivity contribution in [3.63, 3.8) is 0 Å². The Morgan fingerprint density at radius 3 is 2.31 bits per heavy atom. The molecule has 16 heavy (non-hydrogen) atoms. The zero-order chi connectivity index (χ0) is 11.5. The molecule has 4 nitrogen and oxygen atoms in total. The molecular formula is C12H8NO3. The highest BCUT2D eigenvalue weighted by Gasteiger charge is 2.26. The van der Waals surface area contributed by atoms with Crippen LogP contribution >= 0.6 is 0 Å². The molecule has 0 aliphatic carbocycles. The Hall–Kier alpha value is -2.23. The maximum Gasteiger partial charge on any atom is 0.258 e. The minimum Gasteiger partial charge on any atom is -0.291 e. The second kappa shape index (κ2) is 4.10. The minimum atomic E-state index is -0.386. The fraction of sp³-hybridized carbons (Fsp3) is 0.0833. The van der Waals surface area contributed by atoms with E-state index in [0.717, 1.165) is 4.90 Å². The van der Waals surface area contributed by atoms with Crippen LogP contribution in [-0.2, 0) is 20.8 Å². The van der Waals surface area contributed by atoms with Gasteiger partial charge in [-0.25, -0.2) is 4.90 Å². The van der Waals surface area contributed by atoms with Gasteiger partial charge in [0.1, 0.15) is 0 Å². The fourth-order valence-electron chi connectivity index (χ4n) is 1.59. The van der Waals surface area contributed by atoms with Crippen molar-refractivity contribution in [2.75, 3.05) is 4.90 Å². The molecule has 1 aromatic rings. The molecule has 2 amide bonds. The molecule has 79 valence electrons. The number of amides is 2. The number of anilines is 1. The lowest BCUT2D eigenvalue weighted by Crippen LogP contribution is -2.30. The van der Waals surface area contributed by atoms with E-state index < -0.39 is 0 Å². The summed E-state index contributed by atoms with van der Waals surface area (Å²) in [7, 11) is 0. The Balaban J connectivity index is 2.43. The third-order valence-corrected chi connectivity index (χ3v) is 2.30. The van der Waals surface area contributed by atoms with Crippen LogP contribution in [0.2, 0.25) is 0 Å². The number of para-hydroxylation sites is 1. The summed E-state index contributed by atoms with van der Waals surface area (Å²) < 4.78 is 0. The first-order chi connectivity index (χ1) is 7.74. The highest BCUT2D eigenvalue weighted by atomic mass is 16.2. The number of carbonyl (C=O) groups is 2. The van der Waals surface area contributed by atoms with E-state index in [-0.39, 0.29) is 18.2 Å². The first-order valence-electron chi connectivity index (χ1n) is 4.73. The van der Waals surface area contributed by atoms with Crippen LogP contribution in [0.5, 0.6) is 0 Å². The van der Waals surface area contributed by atoms with Gasteiger partial charge in [0.05, 0.1) is 5.69 Å². The molecule has 0 saturated heterocycles. The second-order valence-electron chi connectivity index (χ2n) is 3.30. The lowest BCUT2D eigenvalue weighted by atomic mass is 10.1. The average Bonchev–Trinajstić information content (AvgIpc) is 2.60. The van der Waals surface area contributed by atoms with Gasteiger partial charge in [-0.15, -0.1) is 0 Å². The molecule has 1 aliphatic rings. The molecule has 4 heteroatoms. The SMILES string of the molecule is O=[C]Cc1ccccc1N1C(=O)C=CC1=O. The minimum absolute atomic E-state index is 0.0627. The van der Waals surface area contributed by atoms with Gasteiger partial charge in [-0.2, -0.15) is 0 Å². The summed E-state index contributed by atoms with van der Waals surface area (Å²) >= 11 is 0. The summed E-state index contributed by atoms with van der Waals surface area (Å²) in [6, 6.07) is 6.78. The smallest absolute Gasteiger partial charge is 0.258 e. The van der Waals surface area contributed by atoms with Crippen molar-refractivity contribution in [3.05, 3.63) is 42.0 Å². The predicted octanol–water partition coefficient (Wildman–Crippen LogP) is 0.768. The van der Waals surface area contributed by atoms with Gasteiger partial charge in [0, 0.05) is 18.6 Å². The maximum atomic E-state index is 11.5. The van der Waals surface area contributed by atoms with Crippen molar-refractivity contribution in [2.24, 2.45) is 0 Å². The zero-order valence-corrected chi connectivity index (χ0v) is 8.34. The number of hydrogen-bond donors (Lipinski definition) is 0. The van der Waals surface area contributed by atoms with Crippen LogP contribution in [0.4, 0.5) is 5.69 Å². The van der Waals surface area contributed by atoms with Gasteiger partial charge in [-0.05, 0) is 11.6 Å². The molecule has 0 atom stereocenters. The van der Waals surface area contributed by atoms with Gasteiger partial charge in [0.15, 0.2) is 0 Å². The van der Waals surface area contributed by atoms with Crippen molar-refractivity contribution in [1.82, 2.24) is 0 Å². The molecule has 0 aromatic heterocycles. The van der Waals surface area contributed by atoms with Crippen molar-refractivity contribution in [2.45, 2.75) is 6.42 Å². The molecule has 1 aromatic carbocycles. The van der Waals surface area contributed by atoms with Gasteiger partial charge in [0.25, 0.3) is 11.8 Å². The van der Waals surface area contributed by atoms with E-state index in [2.05, 4.69) is 0 Å². The number of hydrogen-bond acceptors (Lipinski definition) is 3. The van der Waals surface area contributed by atoms with E-state index in [4.69, 9.17) is 0 Å². The van der Waals surface area contributed by atoms with Crippen molar-refractivity contribution >= 4 is 23.8 Å². The zero-order valence-electron chi connectivity index (χ0n) is 8.34. The highest BCUT2D eigenvalue weighted by molar-refractivity contribution is 6.28. The van der Waals surface area contributed by atoms with E-state index in [1.54, 1.807) is 30.6 Å². The van der Waals surface area contributed by atoms with Crippen LogP contribution in [-0.4, -0.2) is 18.1 Å². The molecule has 1 heterocycles. The normalized spacial score (nSPS) is 14.6. The third kappa shape index (κ3) is 1.65. The van der Waals surface area contributed by atoms with Crippen LogP contribution in [0, 0.1) is 0 Å². The summed E-state index contributed by atoms with van der Waals surface area (Å²) in [4.78, 5) is 34.3. The number of imide groups is 1. The summed E-state index contributed by atoms with van der Waals surface area (Å²) in [6.45, 7) is 0. The summed E-state index contributed by atoms with van der Waals surface area (Å²) in [5.74, 6) is -0.772. The molecule has 0 N–H and O–H groups in total. The highest BCUT2D eigenvalue weighted by Crippen LogP contribution is 2.23. The van der Waals surface area contributed by atoms with Crippen LogP contribution < -0.4 is 4.90 Å². The van der Waals surface area contributed by atoms with Crippen LogP contribution in [0.25, 0.3) is 0 Å². The summed E-state index contributed by atoms with van der Waals surface area (Å²) in [5, 5.41) is 0.